The molecule has 2 aliphatic rings. The second-order valence-electron chi connectivity index (χ2n) is 6.18. The number of hydrogen-bond acceptors (Lipinski definition) is 3. The summed E-state index contributed by atoms with van der Waals surface area (Å²) < 4.78 is 39.6. The van der Waals surface area contributed by atoms with E-state index in [-0.39, 0.29) is 17.4 Å². The van der Waals surface area contributed by atoms with E-state index in [1.807, 2.05) is 12.1 Å². The average Bonchev–Trinajstić information content (AvgIpc) is 2.98. The molecule has 1 atom stereocenters. The summed E-state index contributed by atoms with van der Waals surface area (Å²) in [7, 11) is 1.48. The highest BCUT2D eigenvalue weighted by atomic mass is 19.4. The van der Waals surface area contributed by atoms with Crippen LogP contribution in [0.25, 0.3) is 0 Å². The Morgan fingerprint density at radius 2 is 1.96 bits per heavy atom. The number of benzene rings is 1. The van der Waals surface area contributed by atoms with Gasteiger partial charge in [-0.1, -0.05) is 24.3 Å². The Hall–Kier alpha value is -2.70. The summed E-state index contributed by atoms with van der Waals surface area (Å²) in [4.78, 5) is 20.9. The van der Waals surface area contributed by atoms with Gasteiger partial charge in [-0.2, -0.15) is 13.2 Å². The zero-order valence-corrected chi connectivity index (χ0v) is 13.3. The van der Waals surface area contributed by atoms with E-state index in [1.54, 1.807) is 12.1 Å². The number of halogens is 3. The van der Waals surface area contributed by atoms with Crippen LogP contribution < -0.4 is 5.32 Å². The summed E-state index contributed by atoms with van der Waals surface area (Å²) in [6.07, 6.45) is -3.58. The minimum Gasteiger partial charge on any atom is -0.309 e. The van der Waals surface area contributed by atoms with Crippen molar-refractivity contribution >= 4 is 11.7 Å². The maximum absolute atomic E-state index is 13.2. The van der Waals surface area contributed by atoms with Gasteiger partial charge < -0.3 is 5.32 Å². The SMILES string of the molecule is CN=C1NC(=O)C2(CCc3ccccc32)c2nc(C(F)(F)F)ccc21. The first kappa shape index (κ1) is 15.8. The molecular weight excluding hydrogens is 331 g/mol. The van der Waals surface area contributed by atoms with Crippen molar-refractivity contribution in [2.75, 3.05) is 7.05 Å². The summed E-state index contributed by atoms with van der Waals surface area (Å²) in [5.41, 5.74) is 0.0421. The molecule has 1 aromatic carbocycles. The van der Waals surface area contributed by atoms with Crippen LogP contribution in [0.15, 0.2) is 41.4 Å². The fourth-order valence-corrected chi connectivity index (χ4v) is 3.79. The van der Waals surface area contributed by atoms with E-state index in [0.29, 0.717) is 18.4 Å². The van der Waals surface area contributed by atoms with Gasteiger partial charge in [0.15, 0.2) is 0 Å². The van der Waals surface area contributed by atoms with Gasteiger partial charge in [0.25, 0.3) is 0 Å². The summed E-state index contributed by atoms with van der Waals surface area (Å²) in [6.45, 7) is 0. The second kappa shape index (κ2) is 5.15. The van der Waals surface area contributed by atoms with Crippen molar-refractivity contribution in [2.24, 2.45) is 4.99 Å². The van der Waals surface area contributed by atoms with Crippen LogP contribution in [0.3, 0.4) is 0 Å². The smallest absolute Gasteiger partial charge is 0.309 e. The Bertz CT molecular complexity index is 920. The zero-order valence-electron chi connectivity index (χ0n) is 13.3. The average molecular weight is 345 g/mol. The molecule has 1 unspecified atom stereocenters. The van der Waals surface area contributed by atoms with Gasteiger partial charge in [0.05, 0.1) is 5.69 Å². The minimum atomic E-state index is -4.58. The monoisotopic (exact) mass is 345 g/mol. The lowest BCUT2D eigenvalue weighted by Gasteiger charge is -2.35. The molecule has 1 N–H and O–H groups in total. The van der Waals surface area contributed by atoms with Gasteiger partial charge in [-0.05, 0) is 36.1 Å². The number of rotatable bonds is 0. The minimum absolute atomic E-state index is 0.136. The molecular formula is C18H14F3N3O. The van der Waals surface area contributed by atoms with Crippen molar-refractivity contribution in [2.45, 2.75) is 24.4 Å². The fourth-order valence-electron chi connectivity index (χ4n) is 3.79. The van der Waals surface area contributed by atoms with Gasteiger partial charge in [-0.15, -0.1) is 0 Å². The van der Waals surface area contributed by atoms with Gasteiger partial charge >= 0.3 is 6.18 Å². The number of aryl methyl sites for hydroxylation is 1. The maximum atomic E-state index is 13.2. The van der Waals surface area contributed by atoms with Crippen LogP contribution >= 0.6 is 0 Å². The molecule has 4 rings (SSSR count). The number of carbonyl (C=O) groups is 1. The first-order chi connectivity index (χ1) is 11.9. The second-order valence-corrected chi connectivity index (χ2v) is 6.18. The highest BCUT2D eigenvalue weighted by Crippen LogP contribution is 2.47. The number of nitrogens with zero attached hydrogens (tertiary/aromatic N) is 2. The molecule has 1 aliphatic heterocycles. The van der Waals surface area contributed by atoms with Crippen LogP contribution in [0.2, 0.25) is 0 Å². The quantitative estimate of drug-likeness (QED) is 0.798. The molecule has 0 fully saturated rings. The van der Waals surface area contributed by atoms with Crippen molar-refractivity contribution in [3.63, 3.8) is 0 Å². The molecule has 2 aromatic rings. The molecule has 0 saturated carbocycles. The van der Waals surface area contributed by atoms with Crippen molar-refractivity contribution < 1.29 is 18.0 Å². The zero-order chi connectivity index (χ0) is 17.8. The molecule has 1 aliphatic carbocycles. The van der Waals surface area contributed by atoms with E-state index in [9.17, 15) is 18.0 Å². The van der Waals surface area contributed by atoms with Crippen LogP contribution in [-0.2, 0) is 22.8 Å². The number of fused-ring (bicyclic) bond motifs is 4. The molecule has 25 heavy (non-hydrogen) atoms. The summed E-state index contributed by atoms with van der Waals surface area (Å²) in [5, 5.41) is 2.74. The Kier molecular flexibility index (Phi) is 3.25. The third-order valence-corrected chi connectivity index (χ3v) is 4.93. The van der Waals surface area contributed by atoms with Crippen molar-refractivity contribution in [3.8, 4) is 0 Å². The highest BCUT2D eigenvalue weighted by molar-refractivity contribution is 6.16. The predicted octanol–water partition coefficient (Wildman–Crippen LogP) is 2.84. The molecule has 1 aromatic heterocycles. The summed E-state index contributed by atoms with van der Waals surface area (Å²) >= 11 is 0. The molecule has 128 valence electrons. The van der Waals surface area contributed by atoms with Crippen LogP contribution in [0, 0.1) is 0 Å². The Morgan fingerprint density at radius 3 is 2.68 bits per heavy atom. The lowest BCUT2D eigenvalue weighted by molar-refractivity contribution is -0.141. The number of carbonyl (C=O) groups excluding carboxylic acids is 1. The van der Waals surface area contributed by atoms with E-state index in [2.05, 4.69) is 15.3 Å². The van der Waals surface area contributed by atoms with Crippen LogP contribution in [0.1, 0.15) is 34.5 Å². The van der Waals surface area contributed by atoms with Crippen LogP contribution in [0.4, 0.5) is 13.2 Å². The summed E-state index contributed by atoms with van der Waals surface area (Å²) in [6, 6.07) is 9.61. The van der Waals surface area contributed by atoms with Crippen LogP contribution in [-0.4, -0.2) is 23.8 Å². The van der Waals surface area contributed by atoms with E-state index in [4.69, 9.17) is 0 Å². The molecule has 2 heterocycles. The van der Waals surface area contributed by atoms with Gasteiger partial charge in [-0.3, -0.25) is 9.79 Å². The van der Waals surface area contributed by atoms with Crippen molar-refractivity contribution in [1.29, 1.82) is 0 Å². The molecule has 1 amide bonds. The van der Waals surface area contributed by atoms with E-state index < -0.39 is 17.3 Å². The summed E-state index contributed by atoms with van der Waals surface area (Å²) in [5.74, 6) is -0.131. The number of amides is 1. The van der Waals surface area contributed by atoms with Crippen molar-refractivity contribution in [1.82, 2.24) is 10.3 Å². The molecule has 0 saturated heterocycles. The lowest BCUT2D eigenvalue weighted by atomic mass is 9.73. The number of aromatic nitrogens is 1. The largest absolute Gasteiger partial charge is 0.433 e. The van der Waals surface area contributed by atoms with Gasteiger partial charge in [0.2, 0.25) is 5.91 Å². The molecule has 0 radical (unpaired) electrons. The number of aliphatic imine (C=N–C) groups is 1. The van der Waals surface area contributed by atoms with E-state index in [0.717, 1.165) is 17.2 Å². The third kappa shape index (κ3) is 2.11. The molecule has 0 bridgehead atoms. The number of alkyl halides is 3. The number of hydrogen-bond donors (Lipinski definition) is 1. The molecule has 4 nitrogen and oxygen atoms in total. The first-order valence-electron chi connectivity index (χ1n) is 7.83. The Labute approximate surface area is 141 Å². The van der Waals surface area contributed by atoms with Gasteiger partial charge in [-0.25, -0.2) is 4.98 Å². The Balaban J connectivity index is 2.04. The predicted molar refractivity (Wildman–Crippen MR) is 85.4 cm³/mol. The normalized spacial score (nSPS) is 23.5. The maximum Gasteiger partial charge on any atom is 0.433 e. The molecule has 7 heteroatoms. The van der Waals surface area contributed by atoms with E-state index >= 15 is 0 Å². The highest BCUT2D eigenvalue weighted by Gasteiger charge is 2.53. The number of nitrogens with one attached hydrogen (secondary N) is 1. The lowest BCUT2D eigenvalue weighted by Crippen LogP contribution is -2.52. The fraction of sp³-hybridized carbons (Fsp3) is 0.278. The standard InChI is InChI=1S/C18H14F3N3O/c1-22-15-11-6-7-13(18(19,20)21)23-14(11)17(16(25)24-15)9-8-10-4-2-3-5-12(10)17/h2-7H,8-9H2,1H3,(H,22,24,25). The molecule has 1 spiro atoms. The van der Waals surface area contributed by atoms with Gasteiger partial charge in [0.1, 0.15) is 16.9 Å². The van der Waals surface area contributed by atoms with Crippen LogP contribution in [0.5, 0.6) is 0 Å². The Morgan fingerprint density at radius 1 is 1.20 bits per heavy atom. The topological polar surface area (TPSA) is 54.4 Å². The first-order valence-corrected chi connectivity index (χ1v) is 7.83. The van der Waals surface area contributed by atoms with E-state index in [1.165, 1.54) is 13.1 Å². The number of pyridine rings is 1. The van der Waals surface area contributed by atoms with Gasteiger partial charge in [0, 0.05) is 12.6 Å². The number of amidine groups is 1. The van der Waals surface area contributed by atoms with Crippen molar-refractivity contribution in [3.05, 3.63) is 64.5 Å². The third-order valence-electron chi connectivity index (χ3n) is 4.93.